The Balaban J connectivity index is 1.58. The number of pyridine rings is 1. The molecule has 3 nitrogen and oxygen atoms in total. The highest BCUT2D eigenvalue weighted by Crippen LogP contribution is 2.35. The molecule has 1 aromatic carbocycles. The van der Waals surface area contributed by atoms with Gasteiger partial charge in [-0.1, -0.05) is 24.3 Å². The summed E-state index contributed by atoms with van der Waals surface area (Å²) in [6.07, 6.45) is 8.48. The molecule has 1 aliphatic heterocycles. The van der Waals surface area contributed by atoms with Crippen LogP contribution in [0.1, 0.15) is 18.4 Å². The average molecular weight is 278 g/mol. The average Bonchev–Trinajstić information content (AvgIpc) is 2.87. The van der Waals surface area contributed by atoms with Gasteiger partial charge in [0, 0.05) is 12.2 Å². The van der Waals surface area contributed by atoms with Crippen molar-refractivity contribution in [1.82, 2.24) is 10.3 Å². The Kier molecular flexibility index (Phi) is 3.20. The third-order valence-electron chi connectivity index (χ3n) is 4.23. The fraction of sp³-hybridized carbons (Fsp3) is 0.278. The number of ether oxygens (including phenoxy) is 1. The smallest absolute Gasteiger partial charge is 0.146 e. The van der Waals surface area contributed by atoms with Gasteiger partial charge in [0.25, 0.3) is 0 Å². The minimum absolute atomic E-state index is 0.539. The summed E-state index contributed by atoms with van der Waals surface area (Å²) in [5.41, 5.74) is 2.58. The molecule has 3 heteroatoms. The number of nitrogens with one attached hydrogen (secondary N) is 1. The van der Waals surface area contributed by atoms with E-state index in [2.05, 4.69) is 22.4 Å². The van der Waals surface area contributed by atoms with Crippen LogP contribution in [0.15, 0.2) is 54.9 Å². The lowest BCUT2D eigenvalue weighted by Crippen LogP contribution is -2.18. The van der Waals surface area contributed by atoms with E-state index in [0.717, 1.165) is 30.4 Å². The van der Waals surface area contributed by atoms with E-state index >= 15 is 0 Å². The Morgan fingerprint density at radius 1 is 1.10 bits per heavy atom. The van der Waals surface area contributed by atoms with Gasteiger partial charge < -0.3 is 10.1 Å². The molecule has 1 N–H and O–H groups in total. The zero-order valence-electron chi connectivity index (χ0n) is 11.8. The van der Waals surface area contributed by atoms with Crippen molar-refractivity contribution in [2.75, 3.05) is 6.54 Å². The number of aromatic nitrogens is 1. The Bertz CT molecular complexity index is 666. The number of benzene rings is 1. The summed E-state index contributed by atoms with van der Waals surface area (Å²) in [6, 6.07) is 12.5. The molecular formula is C18H18N2O. The molecule has 2 aliphatic rings. The Morgan fingerprint density at radius 2 is 2.00 bits per heavy atom. The van der Waals surface area contributed by atoms with Crippen molar-refractivity contribution in [3.63, 3.8) is 0 Å². The number of allylic oxidation sites excluding steroid dienone is 1. The third kappa shape index (κ3) is 2.69. The highest BCUT2D eigenvalue weighted by Gasteiger charge is 2.28. The summed E-state index contributed by atoms with van der Waals surface area (Å²) in [6.45, 7) is 1.14. The van der Waals surface area contributed by atoms with E-state index in [1.165, 1.54) is 17.6 Å². The van der Waals surface area contributed by atoms with Crippen molar-refractivity contribution >= 4 is 5.57 Å². The molecule has 106 valence electrons. The second kappa shape index (κ2) is 5.34. The van der Waals surface area contributed by atoms with Gasteiger partial charge in [0.2, 0.25) is 0 Å². The number of hydrogen-bond donors (Lipinski definition) is 1. The van der Waals surface area contributed by atoms with Gasteiger partial charge in [-0.3, -0.25) is 4.98 Å². The first-order valence-corrected chi connectivity index (χ1v) is 7.49. The number of fused-ring (bicyclic) bond motifs is 2. The first kappa shape index (κ1) is 12.6. The van der Waals surface area contributed by atoms with Gasteiger partial charge in [-0.25, -0.2) is 0 Å². The third-order valence-corrected chi connectivity index (χ3v) is 4.23. The molecule has 1 saturated heterocycles. The summed E-state index contributed by atoms with van der Waals surface area (Å²) >= 11 is 0. The highest BCUT2D eigenvalue weighted by atomic mass is 16.5. The molecule has 2 atom stereocenters. The van der Waals surface area contributed by atoms with Gasteiger partial charge in [0.1, 0.15) is 11.5 Å². The standard InChI is InChI=1S/C18H18N2O/c1-2-4-17(5-3-1)21-18-9-15(11-19-12-18)14-6-13-7-16(8-14)20-10-13/h1-5,8-9,11-13,16,20H,6-7,10H2. The van der Waals surface area contributed by atoms with E-state index in [9.17, 15) is 0 Å². The van der Waals surface area contributed by atoms with Crippen LogP contribution in [0.3, 0.4) is 0 Å². The molecule has 2 heterocycles. The molecule has 2 aromatic rings. The fourth-order valence-corrected chi connectivity index (χ4v) is 3.24. The van der Waals surface area contributed by atoms with Gasteiger partial charge in [-0.15, -0.1) is 0 Å². The molecule has 2 bridgehead atoms. The maximum atomic E-state index is 5.87. The molecule has 21 heavy (non-hydrogen) atoms. The minimum atomic E-state index is 0.539. The summed E-state index contributed by atoms with van der Waals surface area (Å²) in [5.74, 6) is 2.41. The van der Waals surface area contributed by atoms with Crippen LogP contribution in [-0.4, -0.2) is 17.6 Å². The van der Waals surface area contributed by atoms with E-state index in [1.807, 2.05) is 36.5 Å². The van der Waals surface area contributed by atoms with Gasteiger partial charge in [0.15, 0.2) is 0 Å². The van der Waals surface area contributed by atoms with E-state index < -0.39 is 0 Å². The van der Waals surface area contributed by atoms with E-state index in [1.54, 1.807) is 6.20 Å². The fourth-order valence-electron chi connectivity index (χ4n) is 3.24. The number of rotatable bonds is 3. The van der Waals surface area contributed by atoms with Crippen molar-refractivity contribution in [3.8, 4) is 11.5 Å². The second-order valence-electron chi connectivity index (χ2n) is 5.84. The maximum Gasteiger partial charge on any atom is 0.146 e. The highest BCUT2D eigenvalue weighted by molar-refractivity contribution is 5.68. The second-order valence-corrected chi connectivity index (χ2v) is 5.84. The van der Waals surface area contributed by atoms with E-state index in [0.29, 0.717) is 6.04 Å². The normalized spacial score (nSPS) is 23.7. The van der Waals surface area contributed by atoms with Crippen molar-refractivity contribution < 1.29 is 4.74 Å². The van der Waals surface area contributed by atoms with Crippen LogP contribution in [0.5, 0.6) is 11.5 Å². The first-order chi connectivity index (χ1) is 10.4. The molecule has 0 spiro atoms. The van der Waals surface area contributed by atoms with Crippen LogP contribution in [0, 0.1) is 5.92 Å². The Morgan fingerprint density at radius 3 is 2.86 bits per heavy atom. The Hall–Kier alpha value is -2.13. The van der Waals surface area contributed by atoms with Crippen molar-refractivity contribution in [2.45, 2.75) is 18.9 Å². The largest absolute Gasteiger partial charge is 0.456 e. The SMILES string of the molecule is C1=C(c2cncc(Oc3ccccc3)c2)CC2CNC1C2. The summed E-state index contributed by atoms with van der Waals surface area (Å²) < 4.78 is 5.87. The molecule has 1 fully saturated rings. The van der Waals surface area contributed by atoms with E-state index in [-0.39, 0.29) is 0 Å². The molecule has 0 saturated carbocycles. The molecular weight excluding hydrogens is 260 g/mol. The van der Waals surface area contributed by atoms with Crippen LogP contribution in [0.25, 0.3) is 5.57 Å². The number of hydrogen-bond acceptors (Lipinski definition) is 3. The van der Waals surface area contributed by atoms with Gasteiger partial charge in [-0.05, 0) is 54.6 Å². The lowest BCUT2D eigenvalue weighted by atomic mass is 9.87. The summed E-state index contributed by atoms with van der Waals surface area (Å²) in [5, 5.41) is 3.54. The van der Waals surface area contributed by atoms with Crippen molar-refractivity contribution in [1.29, 1.82) is 0 Å². The molecule has 2 unspecified atom stereocenters. The van der Waals surface area contributed by atoms with Crippen LogP contribution in [0.4, 0.5) is 0 Å². The monoisotopic (exact) mass is 278 g/mol. The lowest BCUT2D eigenvalue weighted by molar-refractivity contribution is 0.480. The van der Waals surface area contributed by atoms with Crippen molar-refractivity contribution in [3.05, 3.63) is 60.4 Å². The predicted octanol–water partition coefficient (Wildman–Crippen LogP) is 3.64. The molecule has 0 amide bonds. The van der Waals surface area contributed by atoms with E-state index in [4.69, 9.17) is 4.74 Å². The minimum Gasteiger partial charge on any atom is -0.456 e. The lowest BCUT2D eigenvalue weighted by Gasteiger charge is -2.18. The molecule has 4 rings (SSSR count). The van der Waals surface area contributed by atoms with Crippen molar-refractivity contribution in [2.24, 2.45) is 5.92 Å². The number of nitrogens with zero attached hydrogens (tertiary/aromatic N) is 1. The first-order valence-electron chi connectivity index (χ1n) is 7.49. The molecule has 1 aliphatic carbocycles. The molecule has 0 radical (unpaired) electrons. The van der Waals surface area contributed by atoms with Gasteiger partial charge in [0.05, 0.1) is 6.20 Å². The topological polar surface area (TPSA) is 34.1 Å². The van der Waals surface area contributed by atoms with Gasteiger partial charge in [-0.2, -0.15) is 0 Å². The maximum absolute atomic E-state index is 5.87. The van der Waals surface area contributed by atoms with Crippen LogP contribution in [0.2, 0.25) is 0 Å². The zero-order valence-corrected chi connectivity index (χ0v) is 11.8. The number of para-hydroxylation sites is 1. The van der Waals surface area contributed by atoms with Crippen LogP contribution in [-0.2, 0) is 0 Å². The summed E-state index contributed by atoms with van der Waals surface area (Å²) in [7, 11) is 0. The Labute approximate surface area is 124 Å². The predicted molar refractivity (Wildman–Crippen MR) is 83.2 cm³/mol. The summed E-state index contributed by atoms with van der Waals surface area (Å²) in [4.78, 5) is 4.34. The molecule has 1 aromatic heterocycles. The van der Waals surface area contributed by atoms with Crippen LogP contribution < -0.4 is 10.1 Å². The van der Waals surface area contributed by atoms with Crippen LogP contribution >= 0.6 is 0 Å². The zero-order chi connectivity index (χ0) is 14.1. The van der Waals surface area contributed by atoms with Gasteiger partial charge >= 0.3 is 0 Å². The quantitative estimate of drug-likeness (QED) is 0.930.